The van der Waals surface area contributed by atoms with Gasteiger partial charge in [0.2, 0.25) is 0 Å². The standard InChI is InChI=1S/C11H10ClN3O4/c12-7-1-3-8(4-2-7)15-11(13)14-18-9(16)5-6-10(17)19-15/h1-4H,5-6H2,(H2,13,14). The summed E-state index contributed by atoms with van der Waals surface area (Å²) in [5, 5.41) is 4.88. The number of rotatable bonds is 1. The van der Waals surface area contributed by atoms with Crippen molar-refractivity contribution in [3.8, 4) is 0 Å². The lowest BCUT2D eigenvalue weighted by molar-refractivity contribution is -0.148. The maximum absolute atomic E-state index is 11.5. The first kappa shape index (κ1) is 13.2. The average Bonchev–Trinajstić information content (AvgIpc) is 2.45. The van der Waals surface area contributed by atoms with Gasteiger partial charge in [-0.1, -0.05) is 11.6 Å². The van der Waals surface area contributed by atoms with Gasteiger partial charge in [-0.2, -0.15) is 0 Å². The monoisotopic (exact) mass is 283 g/mol. The third-order valence-electron chi connectivity index (χ3n) is 2.24. The van der Waals surface area contributed by atoms with Gasteiger partial charge in [-0.15, -0.1) is 5.06 Å². The van der Waals surface area contributed by atoms with Crippen LogP contribution in [-0.2, 0) is 19.3 Å². The molecule has 1 aliphatic heterocycles. The van der Waals surface area contributed by atoms with Crippen LogP contribution in [0.4, 0.5) is 5.69 Å². The van der Waals surface area contributed by atoms with Crippen molar-refractivity contribution in [1.29, 1.82) is 0 Å². The molecule has 1 aromatic carbocycles. The Kier molecular flexibility index (Phi) is 3.86. The van der Waals surface area contributed by atoms with Crippen LogP contribution in [0.5, 0.6) is 0 Å². The lowest BCUT2D eigenvalue weighted by Crippen LogP contribution is -2.39. The van der Waals surface area contributed by atoms with Crippen LogP contribution in [0.3, 0.4) is 0 Å². The fourth-order valence-corrected chi connectivity index (χ4v) is 1.47. The van der Waals surface area contributed by atoms with Gasteiger partial charge < -0.3 is 15.4 Å². The van der Waals surface area contributed by atoms with Crippen LogP contribution in [-0.4, -0.2) is 17.9 Å². The molecule has 0 aliphatic carbocycles. The van der Waals surface area contributed by atoms with E-state index in [2.05, 4.69) is 9.99 Å². The number of nitrogens with zero attached hydrogens (tertiary/aromatic N) is 2. The van der Waals surface area contributed by atoms with E-state index in [-0.39, 0.29) is 18.8 Å². The zero-order valence-electron chi connectivity index (χ0n) is 9.71. The minimum absolute atomic E-state index is 0.119. The fraction of sp³-hybridized carbons (Fsp3) is 0.182. The molecule has 0 saturated carbocycles. The molecule has 2 N–H and O–H groups in total. The van der Waals surface area contributed by atoms with Gasteiger partial charge in [-0.3, -0.25) is 0 Å². The van der Waals surface area contributed by atoms with Crippen molar-refractivity contribution in [1.82, 2.24) is 0 Å². The van der Waals surface area contributed by atoms with Crippen molar-refractivity contribution >= 4 is 35.2 Å². The number of hydrogen-bond donors (Lipinski definition) is 1. The Morgan fingerprint density at radius 2 is 1.79 bits per heavy atom. The van der Waals surface area contributed by atoms with E-state index in [1.165, 1.54) is 0 Å². The van der Waals surface area contributed by atoms with E-state index in [4.69, 9.17) is 22.2 Å². The number of carbonyl (C=O) groups excluding carboxylic acids is 2. The predicted octanol–water partition coefficient (Wildman–Crippen LogP) is 1.17. The van der Waals surface area contributed by atoms with E-state index >= 15 is 0 Å². The molecule has 0 saturated heterocycles. The van der Waals surface area contributed by atoms with E-state index < -0.39 is 11.9 Å². The Hall–Kier alpha value is -2.28. The van der Waals surface area contributed by atoms with Crippen molar-refractivity contribution in [3.05, 3.63) is 29.3 Å². The minimum atomic E-state index is -0.655. The molecule has 1 heterocycles. The highest BCUT2D eigenvalue weighted by Gasteiger charge is 2.21. The second-order valence-corrected chi connectivity index (χ2v) is 4.08. The Morgan fingerprint density at radius 1 is 1.16 bits per heavy atom. The molecular weight excluding hydrogens is 274 g/mol. The van der Waals surface area contributed by atoms with E-state index in [0.717, 1.165) is 5.06 Å². The van der Waals surface area contributed by atoms with Gasteiger partial charge in [0.1, 0.15) is 0 Å². The Morgan fingerprint density at radius 3 is 2.47 bits per heavy atom. The number of oxime groups is 1. The predicted molar refractivity (Wildman–Crippen MR) is 67.0 cm³/mol. The lowest BCUT2D eigenvalue weighted by atomic mass is 10.3. The van der Waals surface area contributed by atoms with Crippen LogP contribution in [0.1, 0.15) is 12.8 Å². The quantitative estimate of drug-likeness (QED) is 0.778. The van der Waals surface area contributed by atoms with E-state index in [9.17, 15) is 9.59 Å². The molecule has 100 valence electrons. The summed E-state index contributed by atoms with van der Waals surface area (Å²) < 4.78 is 0. The molecule has 0 amide bonds. The smallest absolute Gasteiger partial charge is 0.335 e. The van der Waals surface area contributed by atoms with Crippen LogP contribution in [0.25, 0.3) is 0 Å². The lowest BCUT2D eigenvalue weighted by Gasteiger charge is -2.20. The number of hydroxylamine groups is 1. The summed E-state index contributed by atoms with van der Waals surface area (Å²) in [6.07, 6.45) is -0.240. The molecule has 1 aromatic rings. The van der Waals surface area contributed by atoms with Gasteiger partial charge in [-0.05, 0) is 29.4 Å². The van der Waals surface area contributed by atoms with Crippen molar-refractivity contribution in [2.24, 2.45) is 10.9 Å². The number of benzene rings is 1. The number of guanidine groups is 1. The van der Waals surface area contributed by atoms with Crippen LogP contribution < -0.4 is 10.8 Å². The fourth-order valence-electron chi connectivity index (χ4n) is 1.34. The van der Waals surface area contributed by atoms with Gasteiger partial charge in [0.25, 0.3) is 5.96 Å². The number of hydrogen-bond acceptors (Lipinski definition) is 7. The summed E-state index contributed by atoms with van der Waals surface area (Å²) in [5.74, 6) is -1.55. The first-order valence-corrected chi connectivity index (χ1v) is 5.74. The Bertz CT molecular complexity index is 529. The third-order valence-corrected chi connectivity index (χ3v) is 2.49. The number of nitrogens with two attached hydrogens (primary N) is 1. The first-order chi connectivity index (χ1) is 9.06. The summed E-state index contributed by atoms with van der Waals surface area (Å²) in [6.45, 7) is 0. The molecule has 8 heteroatoms. The molecular formula is C11H10ClN3O4. The van der Waals surface area contributed by atoms with Crippen LogP contribution in [0, 0.1) is 0 Å². The normalized spacial score (nSPS) is 19.4. The Labute approximate surface area is 113 Å². The molecule has 2 rings (SSSR count). The summed E-state index contributed by atoms with van der Waals surface area (Å²) in [5.41, 5.74) is 6.03. The molecule has 0 bridgehead atoms. The molecule has 0 fully saturated rings. The first-order valence-electron chi connectivity index (χ1n) is 5.36. The minimum Gasteiger partial charge on any atom is -0.364 e. The number of halogens is 1. The highest BCUT2D eigenvalue weighted by molar-refractivity contribution is 6.30. The van der Waals surface area contributed by atoms with Crippen LogP contribution >= 0.6 is 11.6 Å². The molecule has 0 aromatic heterocycles. The van der Waals surface area contributed by atoms with E-state index in [1.807, 2.05) is 0 Å². The summed E-state index contributed by atoms with van der Waals surface area (Å²) in [7, 11) is 0. The highest BCUT2D eigenvalue weighted by Crippen LogP contribution is 2.19. The maximum atomic E-state index is 11.5. The van der Waals surface area contributed by atoms with Crippen molar-refractivity contribution in [3.63, 3.8) is 0 Å². The second kappa shape index (κ2) is 5.57. The van der Waals surface area contributed by atoms with Gasteiger partial charge in [0.05, 0.1) is 18.5 Å². The molecule has 0 spiro atoms. The maximum Gasteiger partial charge on any atom is 0.335 e. The van der Waals surface area contributed by atoms with E-state index in [1.54, 1.807) is 24.3 Å². The van der Waals surface area contributed by atoms with Crippen molar-refractivity contribution < 1.29 is 19.3 Å². The molecule has 0 atom stereocenters. The average molecular weight is 284 g/mol. The second-order valence-electron chi connectivity index (χ2n) is 3.65. The highest BCUT2D eigenvalue weighted by atomic mass is 35.5. The van der Waals surface area contributed by atoms with Gasteiger partial charge in [0.15, 0.2) is 0 Å². The number of anilines is 1. The summed E-state index contributed by atoms with van der Waals surface area (Å²) >= 11 is 5.76. The SMILES string of the molecule is N/C1=N/OC(=O)CCC(=O)ON1c1ccc(Cl)cc1. The van der Waals surface area contributed by atoms with Crippen LogP contribution in [0.15, 0.2) is 29.4 Å². The zero-order valence-corrected chi connectivity index (χ0v) is 10.5. The van der Waals surface area contributed by atoms with Crippen molar-refractivity contribution in [2.45, 2.75) is 12.8 Å². The van der Waals surface area contributed by atoms with Gasteiger partial charge in [0, 0.05) is 5.02 Å². The third kappa shape index (κ3) is 3.35. The molecule has 1 aliphatic rings. The number of carbonyl (C=O) groups is 2. The van der Waals surface area contributed by atoms with Crippen LogP contribution in [0.2, 0.25) is 5.02 Å². The van der Waals surface area contributed by atoms with Gasteiger partial charge >= 0.3 is 11.9 Å². The zero-order chi connectivity index (χ0) is 13.8. The molecule has 7 nitrogen and oxygen atoms in total. The topological polar surface area (TPSA) is 94.2 Å². The van der Waals surface area contributed by atoms with E-state index in [0.29, 0.717) is 10.7 Å². The largest absolute Gasteiger partial charge is 0.364 e. The molecule has 19 heavy (non-hydrogen) atoms. The Balaban J connectivity index is 2.31. The van der Waals surface area contributed by atoms with Crippen molar-refractivity contribution in [2.75, 3.05) is 5.06 Å². The summed E-state index contributed by atoms with van der Waals surface area (Å²) in [4.78, 5) is 32.2. The van der Waals surface area contributed by atoms with Gasteiger partial charge in [-0.25, -0.2) is 9.59 Å². The summed E-state index contributed by atoms with van der Waals surface area (Å²) in [6, 6.07) is 6.35. The molecule has 0 unspecified atom stereocenters. The molecule has 0 radical (unpaired) electrons.